The second kappa shape index (κ2) is 6.66. The van der Waals surface area contributed by atoms with Crippen molar-refractivity contribution in [1.29, 1.82) is 0 Å². The van der Waals surface area contributed by atoms with Gasteiger partial charge in [-0.15, -0.1) is 0 Å². The predicted molar refractivity (Wildman–Crippen MR) is 73.3 cm³/mol. The fourth-order valence-electron chi connectivity index (χ4n) is 2.47. The highest BCUT2D eigenvalue weighted by Crippen LogP contribution is 2.13. The maximum absolute atomic E-state index is 12.8. The van der Waals surface area contributed by atoms with E-state index in [4.69, 9.17) is 0 Å². The summed E-state index contributed by atoms with van der Waals surface area (Å²) in [5.74, 6) is 0.438. The number of nitrogens with zero attached hydrogens (tertiary/aromatic N) is 1. The molecule has 1 saturated heterocycles. The zero-order chi connectivity index (χ0) is 13.7. The van der Waals surface area contributed by atoms with Gasteiger partial charge in [0.2, 0.25) is 5.91 Å². The third kappa shape index (κ3) is 4.31. The summed E-state index contributed by atoms with van der Waals surface area (Å²) in [5.41, 5.74) is 0.864. The molecule has 0 saturated carbocycles. The molecule has 3 nitrogen and oxygen atoms in total. The van der Waals surface area contributed by atoms with Gasteiger partial charge in [-0.1, -0.05) is 12.1 Å². The molecule has 1 N–H and O–H groups in total. The summed E-state index contributed by atoms with van der Waals surface area (Å²) < 4.78 is 12.8. The summed E-state index contributed by atoms with van der Waals surface area (Å²) >= 11 is 0. The Bertz CT molecular complexity index is 413. The number of nitrogens with one attached hydrogen (secondary N) is 1. The summed E-state index contributed by atoms with van der Waals surface area (Å²) in [5, 5.41) is 3.32. The van der Waals surface area contributed by atoms with Crippen LogP contribution in [0.4, 0.5) is 4.39 Å². The van der Waals surface area contributed by atoms with Gasteiger partial charge in [0, 0.05) is 13.6 Å². The Balaban J connectivity index is 1.83. The highest BCUT2D eigenvalue weighted by Gasteiger charge is 2.18. The van der Waals surface area contributed by atoms with E-state index < -0.39 is 0 Å². The van der Waals surface area contributed by atoms with Crippen molar-refractivity contribution >= 4 is 5.91 Å². The molecule has 1 amide bonds. The highest BCUT2D eigenvalue weighted by atomic mass is 19.1. The number of likely N-dealkylation sites (N-methyl/N-ethyl adjacent to an activating group) is 1. The molecule has 0 radical (unpaired) electrons. The van der Waals surface area contributed by atoms with E-state index in [1.807, 2.05) is 7.05 Å². The molecule has 1 aromatic carbocycles. The van der Waals surface area contributed by atoms with Crippen molar-refractivity contribution in [3.8, 4) is 0 Å². The zero-order valence-electron chi connectivity index (χ0n) is 11.4. The number of carbonyl (C=O) groups is 1. The van der Waals surface area contributed by atoms with Crippen molar-refractivity contribution in [1.82, 2.24) is 10.2 Å². The number of benzene rings is 1. The Morgan fingerprint density at radius 2 is 1.95 bits per heavy atom. The topological polar surface area (TPSA) is 32.3 Å². The molecule has 0 unspecified atom stereocenters. The Kier molecular flexibility index (Phi) is 4.91. The first-order chi connectivity index (χ1) is 9.15. The fraction of sp³-hybridized carbons (Fsp3) is 0.533. The average molecular weight is 264 g/mol. The van der Waals surface area contributed by atoms with Crippen LogP contribution in [0.15, 0.2) is 24.3 Å². The smallest absolute Gasteiger partial charge is 0.226 e. The number of piperidine rings is 1. The molecule has 0 atom stereocenters. The lowest BCUT2D eigenvalue weighted by molar-refractivity contribution is -0.129. The maximum atomic E-state index is 12.8. The quantitative estimate of drug-likeness (QED) is 0.900. The summed E-state index contributed by atoms with van der Waals surface area (Å²) in [6, 6.07) is 6.14. The number of carbonyl (C=O) groups excluding carboxylic acids is 1. The third-order valence-corrected chi connectivity index (χ3v) is 3.69. The Morgan fingerprint density at radius 1 is 1.32 bits per heavy atom. The van der Waals surface area contributed by atoms with Gasteiger partial charge in [-0.25, -0.2) is 4.39 Å². The summed E-state index contributed by atoms with van der Waals surface area (Å²) in [4.78, 5) is 13.9. The summed E-state index contributed by atoms with van der Waals surface area (Å²) in [6.07, 6.45) is 2.62. The first-order valence-electron chi connectivity index (χ1n) is 6.84. The number of amides is 1. The monoisotopic (exact) mass is 264 g/mol. The second-order valence-corrected chi connectivity index (χ2v) is 5.27. The molecule has 4 heteroatoms. The molecule has 2 rings (SSSR count). The first-order valence-corrected chi connectivity index (χ1v) is 6.84. The van der Waals surface area contributed by atoms with Crippen LogP contribution in [0.5, 0.6) is 0 Å². The predicted octanol–water partition coefficient (Wildman–Crippen LogP) is 1.83. The van der Waals surface area contributed by atoms with Crippen molar-refractivity contribution in [2.45, 2.75) is 19.3 Å². The molecule has 1 heterocycles. The van der Waals surface area contributed by atoms with Crippen LogP contribution in [0.1, 0.15) is 18.4 Å². The standard InChI is InChI=1S/C15H21FN2O/c1-18(11-13-6-8-17-9-7-13)15(19)10-12-2-4-14(16)5-3-12/h2-5,13,17H,6-11H2,1H3. The van der Waals surface area contributed by atoms with E-state index in [1.165, 1.54) is 12.1 Å². The van der Waals surface area contributed by atoms with E-state index in [1.54, 1.807) is 17.0 Å². The van der Waals surface area contributed by atoms with Crippen LogP contribution >= 0.6 is 0 Å². The molecule has 1 aliphatic heterocycles. The van der Waals surface area contributed by atoms with Crippen molar-refractivity contribution in [2.24, 2.45) is 5.92 Å². The highest BCUT2D eigenvalue weighted by molar-refractivity contribution is 5.78. The molecule has 0 bridgehead atoms. The van der Waals surface area contributed by atoms with Crippen molar-refractivity contribution in [3.05, 3.63) is 35.6 Å². The largest absolute Gasteiger partial charge is 0.345 e. The summed E-state index contributed by atoms with van der Waals surface area (Å²) in [6.45, 7) is 2.91. The van der Waals surface area contributed by atoms with Gasteiger partial charge in [0.25, 0.3) is 0 Å². The molecule has 0 aliphatic carbocycles. The van der Waals surface area contributed by atoms with Crippen molar-refractivity contribution in [2.75, 3.05) is 26.7 Å². The Morgan fingerprint density at radius 3 is 2.58 bits per heavy atom. The second-order valence-electron chi connectivity index (χ2n) is 5.27. The third-order valence-electron chi connectivity index (χ3n) is 3.69. The lowest BCUT2D eigenvalue weighted by Gasteiger charge is -2.27. The van der Waals surface area contributed by atoms with Gasteiger partial charge in [0.15, 0.2) is 0 Å². The van der Waals surface area contributed by atoms with Crippen LogP contribution in [0.3, 0.4) is 0 Å². The molecular formula is C15H21FN2O. The zero-order valence-corrected chi connectivity index (χ0v) is 11.4. The van der Waals surface area contributed by atoms with Crippen LogP contribution in [-0.4, -0.2) is 37.5 Å². The minimum Gasteiger partial charge on any atom is -0.345 e. The van der Waals surface area contributed by atoms with Gasteiger partial charge in [-0.3, -0.25) is 4.79 Å². The van der Waals surface area contributed by atoms with Crippen LogP contribution < -0.4 is 5.32 Å². The van der Waals surface area contributed by atoms with Gasteiger partial charge in [0.05, 0.1) is 6.42 Å². The van der Waals surface area contributed by atoms with Gasteiger partial charge < -0.3 is 10.2 Å². The minimum absolute atomic E-state index is 0.102. The van der Waals surface area contributed by atoms with E-state index in [9.17, 15) is 9.18 Å². The van der Waals surface area contributed by atoms with E-state index >= 15 is 0 Å². The van der Waals surface area contributed by atoms with Crippen molar-refractivity contribution < 1.29 is 9.18 Å². The van der Waals surface area contributed by atoms with Gasteiger partial charge in [-0.05, 0) is 49.5 Å². The molecule has 1 aromatic rings. The van der Waals surface area contributed by atoms with Crippen LogP contribution in [0.2, 0.25) is 0 Å². The van der Waals surface area contributed by atoms with Crippen LogP contribution in [-0.2, 0) is 11.2 Å². The van der Waals surface area contributed by atoms with Gasteiger partial charge >= 0.3 is 0 Å². The van der Waals surface area contributed by atoms with Gasteiger partial charge in [0.1, 0.15) is 5.82 Å². The maximum Gasteiger partial charge on any atom is 0.226 e. The SMILES string of the molecule is CN(CC1CCNCC1)C(=O)Cc1ccc(F)cc1. The number of rotatable bonds is 4. The number of halogens is 1. The Hall–Kier alpha value is -1.42. The lowest BCUT2D eigenvalue weighted by Crippen LogP contribution is -2.37. The molecule has 0 spiro atoms. The van der Waals surface area contributed by atoms with E-state index in [0.29, 0.717) is 12.3 Å². The normalized spacial score (nSPS) is 16.3. The first kappa shape index (κ1) is 14.0. The molecular weight excluding hydrogens is 243 g/mol. The molecule has 19 heavy (non-hydrogen) atoms. The van der Waals surface area contributed by atoms with E-state index in [0.717, 1.165) is 38.0 Å². The lowest BCUT2D eigenvalue weighted by atomic mass is 9.97. The fourth-order valence-corrected chi connectivity index (χ4v) is 2.47. The molecule has 1 aliphatic rings. The number of hydrogen-bond acceptors (Lipinski definition) is 2. The van der Waals surface area contributed by atoms with Gasteiger partial charge in [-0.2, -0.15) is 0 Å². The molecule has 1 fully saturated rings. The average Bonchev–Trinajstić information content (AvgIpc) is 2.42. The van der Waals surface area contributed by atoms with E-state index in [-0.39, 0.29) is 11.7 Å². The van der Waals surface area contributed by atoms with Crippen LogP contribution in [0.25, 0.3) is 0 Å². The van der Waals surface area contributed by atoms with Crippen molar-refractivity contribution in [3.63, 3.8) is 0 Å². The number of hydrogen-bond donors (Lipinski definition) is 1. The van der Waals surface area contributed by atoms with Crippen LogP contribution in [0, 0.1) is 11.7 Å². The molecule has 0 aromatic heterocycles. The Labute approximate surface area is 113 Å². The molecule has 104 valence electrons. The summed E-state index contributed by atoms with van der Waals surface area (Å²) in [7, 11) is 1.86. The minimum atomic E-state index is -0.265. The van der Waals surface area contributed by atoms with E-state index in [2.05, 4.69) is 5.32 Å².